The Balaban J connectivity index is 3.75. The molecular formula is C4H8F2O3S. The van der Waals surface area contributed by atoms with E-state index < -0.39 is 29.4 Å². The smallest absolute Gasteiger partial charge is 0.345 e. The molecule has 0 saturated heterocycles. The van der Waals surface area contributed by atoms with Gasteiger partial charge in [0.25, 0.3) is 0 Å². The quantitative estimate of drug-likeness (QED) is 0.613. The summed E-state index contributed by atoms with van der Waals surface area (Å²) < 4.78 is 41.9. The Morgan fingerprint density at radius 3 is 2.30 bits per heavy atom. The van der Waals surface area contributed by atoms with Crippen LogP contribution in [0.5, 0.6) is 0 Å². The Labute approximate surface area is 59.3 Å². The van der Waals surface area contributed by atoms with Crippen LogP contribution in [-0.2, 0) is 11.1 Å². The summed E-state index contributed by atoms with van der Waals surface area (Å²) in [4.78, 5) is 0. The number of halogens is 2. The van der Waals surface area contributed by atoms with Crippen molar-refractivity contribution in [3.63, 3.8) is 0 Å². The molecule has 0 heterocycles. The first-order valence-electron chi connectivity index (χ1n) is 2.60. The summed E-state index contributed by atoms with van der Waals surface area (Å²) in [5.74, 6) is 0. The maximum atomic E-state index is 12.1. The molecular weight excluding hydrogens is 166 g/mol. The van der Waals surface area contributed by atoms with Gasteiger partial charge in [-0.05, 0) is 6.42 Å². The zero-order chi connectivity index (χ0) is 8.20. The van der Waals surface area contributed by atoms with Crippen LogP contribution in [0.3, 0.4) is 0 Å². The van der Waals surface area contributed by atoms with E-state index in [1.807, 2.05) is 0 Å². The van der Waals surface area contributed by atoms with Gasteiger partial charge in [-0.25, -0.2) is 4.21 Å². The molecule has 10 heavy (non-hydrogen) atoms. The van der Waals surface area contributed by atoms with Crippen molar-refractivity contribution in [2.24, 2.45) is 0 Å². The molecule has 0 aromatic carbocycles. The molecule has 3 nitrogen and oxygen atoms in total. The SMILES string of the molecule is O=S(O)C(F)(F)CCCO. The van der Waals surface area contributed by atoms with Crippen LogP contribution in [0.25, 0.3) is 0 Å². The molecule has 0 saturated carbocycles. The Hall–Kier alpha value is -0.0700. The van der Waals surface area contributed by atoms with E-state index in [1.165, 1.54) is 0 Å². The van der Waals surface area contributed by atoms with Crippen molar-refractivity contribution >= 4 is 11.1 Å². The highest BCUT2D eigenvalue weighted by Crippen LogP contribution is 2.22. The second-order valence-electron chi connectivity index (χ2n) is 1.71. The molecule has 0 bridgehead atoms. The second kappa shape index (κ2) is 3.95. The molecule has 0 spiro atoms. The highest BCUT2D eigenvalue weighted by atomic mass is 32.2. The van der Waals surface area contributed by atoms with Crippen LogP contribution in [0.4, 0.5) is 8.78 Å². The third kappa shape index (κ3) is 3.19. The van der Waals surface area contributed by atoms with Gasteiger partial charge in [-0.1, -0.05) is 0 Å². The lowest BCUT2D eigenvalue weighted by Gasteiger charge is -2.09. The van der Waals surface area contributed by atoms with Gasteiger partial charge in [0.2, 0.25) is 11.1 Å². The minimum Gasteiger partial charge on any atom is -0.396 e. The van der Waals surface area contributed by atoms with Crippen LogP contribution in [0.15, 0.2) is 0 Å². The van der Waals surface area contributed by atoms with Gasteiger partial charge in [0.15, 0.2) is 0 Å². The summed E-state index contributed by atoms with van der Waals surface area (Å²) >= 11 is -3.12. The van der Waals surface area contributed by atoms with Crippen molar-refractivity contribution < 1.29 is 22.6 Å². The van der Waals surface area contributed by atoms with Gasteiger partial charge in [0.05, 0.1) is 0 Å². The highest BCUT2D eigenvalue weighted by Gasteiger charge is 2.35. The average Bonchev–Trinajstić information content (AvgIpc) is 1.84. The van der Waals surface area contributed by atoms with E-state index in [1.54, 1.807) is 0 Å². The lowest BCUT2D eigenvalue weighted by Crippen LogP contribution is -2.22. The van der Waals surface area contributed by atoms with E-state index in [-0.39, 0.29) is 6.42 Å². The minimum atomic E-state index is -3.58. The van der Waals surface area contributed by atoms with Gasteiger partial charge < -0.3 is 9.66 Å². The van der Waals surface area contributed by atoms with Crippen molar-refractivity contribution in [2.75, 3.05) is 6.61 Å². The molecule has 0 aliphatic carbocycles. The monoisotopic (exact) mass is 174 g/mol. The van der Waals surface area contributed by atoms with Crippen molar-refractivity contribution in [1.29, 1.82) is 0 Å². The van der Waals surface area contributed by atoms with Gasteiger partial charge in [-0.2, -0.15) is 8.78 Å². The average molecular weight is 174 g/mol. The molecule has 0 amide bonds. The fourth-order valence-corrected chi connectivity index (χ4v) is 0.691. The lowest BCUT2D eigenvalue weighted by atomic mass is 10.3. The van der Waals surface area contributed by atoms with Crippen LogP contribution in [0.1, 0.15) is 12.8 Å². The highest BCUT2D eigenvalue weighted by molar-refractivity contribution is 7.80. The van der Waals surface area contributed by atoms with E-state index in [2.05, 4.69) is 0 Å². The fourth-order valence-electron chi connectivity index (χ4n) is 0.372. The minimum absolute atomic E-state index is 0.167. The molecule has 0 aliphatic rings. The molecule has 1 atom stereocenters. The predicted octanol–water partition coefficient (Wildman–Crippen LogP) is 0.573. The maximum Gasteiger partial charge on any atom is 0.345 e. The molecule has 0 aliphatic heterocycles. The molecule has 0 aromatic rings. The summed E-state index contributed by atoms with van der Waals surface area (Å²) in [5.41, 5.74) is 0. The van der Waals surface area contributed by atoms with Crippen molar-refractivity contribution in [1.82, 2.24) is 0 Å². The zero-order valence-electron chi connectivity index (χ0n) is 5.09. The largest absolute Gasteiger partial charge is 0.396 e. The number of hydrogen-bond donors (Lipinski definition) is 2. The first-order valence-corrected chi connectivity index (χ1v) is 3.71. The molecule has 1 unspecified atom stereocenters. The number of alkyl halides is 2. The molecule has 0 fully saturated rings. The van der Waals surface area contributed by atoms with Gasteiger partial charge in [0, 0.05) is 13.0 Å². The van der Waals surface area contributed by atoms with E-state index >= 15 is 0 Å². The third-order valence-electron chi connectivity index (χ3n) is 0.881. The first kappa shape index (κ1) is 9.93. The Kier molecular flexibility index (Phi) is 3.92. The summed E-state index contributed by atoms with van der Waals surface area (Å²) in [6, 6.07) is 0. The van der Waals surface area contributed by atoms with Crippen LogP contribution < -0.4 is 0 Å². The van der Waals surface area contributed by atoms with Gasteiger partial charge in [-0.15, -0.1) is 0 Å². The zero-order valence-corrected chi connectivity index (χ0v) is 5.90. The second-order valence-corrected chi connectivity index (χ2v) is 2.81. The molecule has 0 rings (SSSR count). The summed E-state index contributed by atoms with van der Waals surface area (Å²) in [5, 5.41) is 4.52. The molecule has 62 valence electrons. The number of aliphatic hydroxyl groups excluding tert-OH is 1. The number of aliphatic hydroxyl groups is 1. The Bertz CT molecular complexity index is 128. The third-order valence-corrected chi connectivity index (χ3v) is 1.60. The molecule has 0 radical (unpaired) electrons. The number of hydrogen-bond acceptors (Lipinski definition) is 2. The molecule has 0 aromatic heterocycles. The summed E-state index contributed by atoms with van der Waals surface area (Å²) in [6.45, 7) is -0.396. The predicted molar refractivity (Wildman–Crippen MR) is 32.0 cm³/mol. The first-order chi connectivity index (χ1) is 4.50. The molecule has 2 N–H and O–H groups in total. The summed E-state index contributed by atoms with van der Waals surface area (Å²) in [7, 11) is 0. The van der Waals surface area contributed by atoms with Crippen molar-refractivity contribution in [2.45, 2.75) is 18.1 Å². The normalized spacial score (nSPS) is 15.2. The van der Waals surface area contributed by atoms with Crippen LogP contribution in [0, 0.1) is 0 Å². The Morgan fingerprint density at radius 2 is 2.00 bits per heavy atom. The number of rotatable bonds is 4. The van der Waals surface area contributed by atoms with Gasteiger partial charge in [-0.3, -0.25) is 0 Å². The fraction of sp³-hybridized carbons (Fsp3) is 1.00. The van der Waals surface area contributed by atoms with E-state index in [4.69, 9.17) is 9.66 Å². The Morgan fingerprint density at radius 1 is 1.50 bits per heavy atom. The van der Waals surface area contributed by atoms with E-state index in [0.717, 1.165) is 0 Å². The topological polar surface area (TPSA) is 57.5 Å². The molecule has 6 heteroatoms. The maximum absolute atomic E-state index is 12.1. The van der Waals surface area contributed by atoms with Crippen LogP contribution in [0.2, 0.25) is 0 Å². The van der Waals surface area contributed by atoms with Crippen molar-refractivity contribution in [3.8, 4) is 0 Å². The van der Waals surface area contributed by atoms with Crippen LogP contribution in [-0.4, -0.2) is 25.7 Å². The standard InChI is InChI=1S/C4H8F2O3S/c5-4(6,10(8)9)2-1-3-7/h7H,1-3H2,(H,8,9). The van der Waals surface area contributed by atoms with Crippen molar-refractivity contribution in [3.05, 3.63) is 0 Å². The van der Waals surface area contributed by atoms with Gasteiger partial charge >= 0.3 is 5.25 Å². The lowest BCUT2D eigenvalue weighted by molar-refractivity contribution is 0.0714. The van der Waals surface area contributed by atoms with Gasteiger partial charge in [0.1, 0.15) is 0 Å². The van der Waals surface area contributed by atoms with E-state index in [0.29, 0.717) is 0 Å². The van der Waals surface area contributed by atoms with Crippen LogP contribution >= 0.6 is 0 Å². The van der Waals surface area contributed by atoms with E-state index in [9.17, 15) is 13.0 Å². The summed E-state index contributed by atoms with van der Waals surface area (Å²) in [6.07, 6.45) is -0.925.